The van der Waals surface area contributed by atoms with Gasteiger partial charge in [-0.1, -0.05) is 12.2 Å². The van der Waals surface area contributed by atoms with E-state index in [2.05, 4.69) is 10.3 Å². The lowest BCUT2D eigenvalue weighted by Gasteiger charge is -2.10. The molecule has 3 nitrogen and oxygen atoms in total. The average Bonchev–Trinajstić information content (AvgIpc) is 2.38. The summed E-state index contributed by atoms with van der Waals surface area (Å²) in [5.41, 5.74) is 7.58. The molecule has 1 aromatic carbocycles. The van der Waals surface area contributed by atoms with Crippen molar-refractivity contribution in [2.75, 3.05) is 11.9 Å². The van der Waals surface area contributed by atoms with Gasteiger partial charge in [0, 0.05) is 24.4 Å². The molecule has 1 heterocycles. The lowest BCUT2D eigenvalue weighted by atomic mass is 10.1. The summed E-state index contributed by atoms with van der Waals surface area (Å²) in [5, 5.41) is 3.11. The molecule has 2 aromatic rings. The summed E-state index contributed by atoms with van der Waals surface area (Å²) in [7, 11) is 0. The third-order valence-electron chi connectivity index (χ3n) is 2.74. The smallest absolute Gasteiger partial charge is 0.126 e. The lowest BCUT2D eigenvalue weighted by molar-refractivity contribution is 0.580. The number of nitrogens with zero attached hydrogens (tertiary/aromatic N) is 1. The topological polar surface area (TPSA) is 50.9 Å². The van der Waals surface area contributed by atoms with Gasteiger partial charge in [-0.25, -0.2) is 8.78 Å². The van der Waals surface area contributed by atoms with Crippen LogP contribution >= 0.6 is 12.2 Å². The molecule has 0 aliphatic heterocycles. The highest BCUT2D eigenvalue weighted by Gasteiger charge is 2.05. The van der Waals surface area contributed by atoms with E-state index in [1.54, 1.807) is 18.5 Å². The van der Waals surface area contributed by atoms with Gasteiger partial charge in [0.2, 0.25) is 0 Å². The van der Waals surface area contributed by atoms with Gasteiger partial charge >= 0.3 is 0 Å². The summed E-state index contributed by atoms with van der Waals surface area (Å²) in [6.45, 7) is 0.490. The van der Waals surface area contributed by atoms with Crippen LogP contribution < -0.4 is 11.1 Å². The molecule has 20 heavy (non-hydrogen) atoms. The standard InChI is InChI=1S/C14H13F2N3S/c15-10-5-9(6-11(16)7-10)1-4-19-13-8-18-3-2-12(13)14(17)20/h2-3,5-8,19H,1,4H2,(H2,17,20). The van der Waals surface area contributed by atoms with Gasteiger partial charge < -0.3 is 11.1 Å². The predicted molar refractivity (Wildman–Crippen MR) is 78.7 cm³/mol. The second-order valence-electron chi connectivity index (χ2n) is 4.24. The van der Waals surface area contributed by atoms with Crippen molar-refractivity contribution in [3.63, 3.8) is 0 Å². The quantitative estimate of drug-likeness (QED) is 0.832. The van der Waals surface area contributed by atoms with E-state index in [-0.39, 0.29) is 4.99 Å². The molecule has 0 saturated heterocycles. The van der Waals surface area contributed by atoms with Gasteiger partial charge in [-0.2, -0.15) is 0 Å². The molecule has 0 amide bonds. The summed E-state index contributed by atoms with van der Waals surface area (Å²) in [6, 6.07) is 5.18. The van der Waals surface area contributed by atoms with Gasteiger partial charge in [0.05, 0.1) is 11.9 Å². The number of hydrogen-bond acceptors (Lipinski definition) is 3. The number of halogens is 2. The van der Waals surface area contributed by atoms with Crippen molar-refractivity contribution in [3.8, 4) is 0 Å². The van der Waals surface area contributed by atoms with Gasteiger partial charge in [-0.15, -0.1) is 0 Å². The van der Waals surface area contributed by atoms with Crippen LogP contribution in [0.25, 0.3) is 0 Å². The highest BCUT2D eigenvalue weighted by Crippen LogP contribution is 2.14. The molecule has 3 N–H and O–H groups in total. The molecule has 0 bridgehead atoms. The minimum absolute atomic E-state index is 0.270. The Morgan fingerprint density at radius 1 is 1.25 bits per heavy atom. The van der Waals surface area contributed by atoms with Crippen molar-refractivity contribution in [3.05, 3.63) is 59.4 Å². The van der Waals surface area contributed by atoms with Gasteiger partial charge in [-0.05, 0) is 30.2 Å². The minimum atomic E-state index is -0.579. The predicted octanol–water partition coefficient (Wildman–Crippen LogP) is 2.65. The van der Waals surface area contributed by atoms with Gasteiger partial charge in [-0.3, -0.25) is 4.98 Å². The zero-order valence-corrected chi connectivity index (χ0v) is 11.4. The molecule has 0 spiro atoms. The molecule has 2 rings (SSSR count). The van der Waals surface area contributed by atoms with Gasteiger partial charge in [0.25, 0.3) is 0 Å². The Morgan fingerprint density at radius 3 is 2.60 bits per heavy atom. The van der Waals surface area contributed by atoms with E-state index in [0.29, 0.717) is 29.8 Å². The molecular weight excluding hydrogens is 280 g/mol. The average molecular weight is 293 g/mol. The maximum Gasteiger partial charge on any atom is 0.126 e. The number of thiocarbonyl (C=S) groups is 1. The van der Waals surface area contributed by atoms with Crippen molar-refractivity contribution in [1.82, 2.24) is 4.98 Å². The van der Waals surface area contributed by atoms with Gasteiger partial charge in [0.15, 0.2) is 0 Å². The number of nitrogens with one attached hydrogen (secondary N) is 1. The third-order valence-corrected chi connectivity index (χ3v) is 2.96. The molecule has 0 radical (unpaired) electrons. The molecule has 6 heteroatoms. The Morgan fingerprint density at radius 2 is 1.95 bits per heavy atom. The Kier molecular flexibility index (Phi) is 4.57. The zero-order chi connectivity index (χ0) is 14.5. The molecular formula is C14H13F2N3S. The van der Waals surface area contributed by atoms with Gasteiger partial charge in [0.1, 0.15) is 16.6 Å². The van der Waals surface area contributed by atoms with E-state index in [9.17, 15) is 8.78 Å². The molecule has 0 aliphatic rings. The van der Waals surface area contributed by atoms with E-state index in [1.165, 1.54) is 12.1 Å². The van der Waals surface area contributed by atoms with E-state index in [1.807, 2.05) is 0 Å². The maximum absolute atomic E-state index is 13.0. The number of anilines is 1. The Labute approximate surface area is 120 Å². The highest BCUT2D eigenvalue weighted by molar-refractivity contribution is 7.80. The van der Waals surface area contributed by atoms with Crippen LogP contribution in [0, 0.1) is 11.6 Å². The SMILES string of the molecule is NC(=S)c1ccncc1NCCc1cc(F)cc(F)c1. The number of pyridine rings is 1. The monoisotopic (exact) mass is 293 g/mol. The van der Waals surface area contributed by atoms with Crippen LogP contribution in [0.2, 0.25) is 0 Å². The molecule has 0 aliphatic carbocycles. The third kappa shape index (κ3) is 3.71. The molecule has 0 unspecified atom stereocenters. The van der Waals surface area contributed by atoms with E-state index < -0.39 is 11.6 Å². The first-order chi connectivity index (χ1) is 9.56. The number of nitrogens with two attached hydrogens (primary N) is 1. The van der Waals surface area contributed by atoms with Crippen LogP contribution in [0.4, 0.5) is 14.5 Å². The number of hydrogen-bond donors (Lipinski definition) is 2. The zero-order valence-electron chi connectivity index (χ0n) is 10.6. The van der Waals surface area contributed by atoms with Crippen LogP contribution in [-0.4, -0.2) is 16.5 Å². The fraction of sp³-hybridized carbons (Fsp3) is 0.143. The van der Waals surface area contributed by atoms with Crippen molar-refractivity contribution < 1.29 is 8.78 Å². The summed E-state index contributed by atoms with van der Waals surface area (Å²) in [5.74, 6) is -1.16. The van der Waals surface area contributed by atoms with Crippen LogP contribution in [0.3, 0.4) is 0 Å². The minimum Gasteiger partial charge on any atom is -0.389 e. The number of benzene rings is 1. The van der Waals surface area contributed by atoms with Crippen LogP contribution in [0.15, 0.2) is 36.7 Å². The second kappa shape index (κ2) is 6.38. The van der Waals surface area contributed by atoms with Crippen molar-refractivity contribution >= 4 is 22.9 Å². The first-order valence-corrected chi connectivity index (χ1v) is 6.40. The second-order valence-corrected chi connectivity index (χ2v) is 4.68. The Bertz CT molecular complexity index is 611. The first kappa shape index (κ1) is 14.3. The molecule has 0 fully saturated rings. The molecule has 0 atom stereocenters. The number of rotatable bonds is 5. The van der Waals surface area contributed by atoms with Crippen LogP contribution in [-0.2, 0) is 6.42 Å². The number of aromatic nitrogens is 1. The Balaban J connectivity index is 2.01. The lowest BCUT2D eigenvalue weighted by Crippen LogP contribution is -2.14. The summed E-state index contributed by atoms with van der Waals surface area (Å²) in [4.78, 5) is 4.25. The fourth-order valence-corrected chi connectivity index (χ4v) is 2.02. The van der Waals surface area contributed by atoms with E-state index in [0.717, 1.165) is 6.07 Å². The fourth-order valence-electron chi connectivity index (χ4n) is 1.85. The first-order valence-electron chi connectivity index (χ1n) is 5.99. The molecule has 104 valence electrons. The van der Waals surface area contributed by atoms with Crippen molar-refractivity contribution in [1.29, 1.82) is 0 Å². The largest absolute Gasteiger partial charge is 0.389 e. The molecule has 1 aromatic heterocycles. The highest BCUT2D eigenvalue weighted by atomic mass is 32.1. The molecule has 0 saturated carbocycles. The van der Waals surface area contributed by atoms with E-state index in [4.69, 9.17) is 18.0 Å². The normalized spacial score (nSPS) is 10.3. The Hall–Kier alpha value is -2.08. The van der Waals surface area contributed by atoms with Crippen molar-refractivity contribution in [2.45, 2.75) is 6.42 Å². The van der Waals surface area contributed by atoms with Crippen LogP contribution in [0.1, 0.15) is 11.1 Å². The summed E-state index contributed by atoms with van der Waals surface area (Å²) in [6.07, 6.45) is 3.68. The summed E-state index contributed by atoms with van der Waals surface area (Å²) < 4.78 is 26.1. The summed E-state index contributed by atoms with van der Waals surface area (Å²) >= 11 is 4.94. The maximum atomic E-state index is 13.0. The van der Waals surface area contributed by atoms with E-state index >= 15 is 0 Å². The van der Waals surface area contributed by atoms with Crippen molar-refractivity contribution in [2.24, 2.45) is 5.73 Å². The van der Waals surface area contributed by atoms with Crippen LogP contribution in [0.5, 0.6) is 0 Å².